The molecule has 1 amide bonds. The highest BCUT2D eigenvalue weighted by Gasteiger charge is 2.24. The first-order valence-electron chi connectivity index (χ1n) is 8.30. The highest BCUT2D eigenvalue weighted by atomic mass is 16.1. The summed E-state index contributed by atoms with van der Waals surface area (Å²) < 4.78 is 0. The third-order valence-electron chi connectivity index (χ3n) is 4.35. The highest BCUT2D eigenvalue weighted by molar-refractivity contribution is 5.99. The van der Waals surface area contributed by atoms with Gasteiger partial charge in [-0.3, -0.25) is 9.78 Å². The van der Waals surface area contributed by atoms with Gasteiger partial charge >= 0.3 is 0 Å². The molecule has 0 atom stereocenters. The number of anilines is 2. The van der Waals surface area contributed by atoms with Crippen molar-refractivity contribution in [2.75, 3.05) is 11.4 Å². The molecule has 1 N–H and O–H groups in total. The number of para-hydroxylation sites is 1. The summed E-state index contributed by atoms with van der Waals surface area (Å²) in [5, 5.41) is 2.96. The van der Waals surface area contributed by atoms with Gasteiger partial charge in [-0.15, -0.1) is 0 Å². The Balaban J connectivity index is 1.58. The average Bonchev–Trinajstić information content (AvgIpc) is 3.11. The summed E-state index contributed by atoms with van der Waals surface area (Å²) in [6.45, 7) is 1.27. The van der Waals surface area contributed by atoms with Gasteiger partial charge in [0.25, 0.3) is 5.91 Å². The van der Waals surface area contributed by atoms with Gasteiger partial charge in [-0.25, -0.2) is 4.98 Å². The Morgan fingerprint density at radius 2 is 1.96 bits per heavy atom. The van der Waals surface area contributed by atoms with Gasteiger partial charge in [0.2, 0.25) is 0 Å². The Hall–Kier alpha value is -3.21. The van der Waals surface area contributed by atoms with E-state index in [4.69, 9.17) is 0 Å². The summed E-state index contributed by atoms with van der Waals surface area (Å²) in [6.07, 6.45) is 6.16. The van der Waals surface area contributed by atoms with Crippen molar-refractivity contribution in [1.82, 2.24) is 15.3 Å². The second-order valence-electron chi connectivity index (χ2n) is 5.95. The molecule has 0 bridgehead atoms. The average molecular weight is 330 g/mol. The number of nitrogens with zero attached hydrogens (tertiary/aromatic N) is 3. The van der Waals surface area contributed by atoms with E-state index in [1.165, 1.54) is 5.56 Å². The molecule has 3 aromatic rings. The molecule has 1 aromatic carbocycles. The van der Waals surface area contributed by atoms with Crippen LogP contribution in [-0.4, -0.2) is 22.4 Å². The van der Waals surface area contributed by atoms with Crippen molar-refractivity contribution in [1.29, 1.82) is 0 Å². The van der Waals surface area contributed by atoms with Crippen LogP contribution in [0.2, 0.25) is 0 Å². The number of carbonyl (C=O) groups is 1. The predicted octanol–water partition coefficient (Wildman–Crippen LogP) is 3.10. The molecule has 4 rings (SSSR count). The fourth-order valence-electron chi connectivity index (χ4n) is 3.13. The van der Waals surface area contributed by atoms with Crippen molar-refractivity contribution >= 4 is 17.4 Å². The van der Waals surface area contributed by atoms with Gasteiger partial charge in [-0.1, -0.05) is 24.3 Å². The molecule has 2 aromatic heterocycles. The van der Waals surface area contributed by atoms with Crippen LogP contribution >= 0.6 is 0 Å². The number of hydrogen-bond acceptors (Lipinski definition) is 4. The third-order valence-corrected chi connectivity index (χ3v) is 4.35. The summed E-state index contributed by atoms with van der Waals surface area (Å²) in [6, 6.07) is 15.7. The van der Waals surface area contributed by atoms with E-state index in [0.29, 0.717) is 17.9 Å². The first-order chi connectivity index (χ1) is 12.3. The maximum Gasteiger partial charge on any atom is 0.255 e. The fourth-order valence-corrected chi connectivity index (χ4v) is 3.13. The number of benzene rings is 1. The van der Waals surface area contributed by atoms with Crippen LogP contribution in [0.15, 0.2) is 67.1 Å². The van der Waals surface area contributed by atoms with Gasteiger partial charge in [-0.05, 0) is 41.8 Å². The lowest BCUT2D eigenvalue weighted by Crippen LogP contribution is -2.26. The summed E-state index contributed by atoms with van der Waals surface area (Å²) in [5.41, 5.74) is 3.97. The third kappa shape index (κ3) is 3.08. The SMILES string of the molecule is O=C(NCc1cccnc1)c1cccnc1N1CCc2ccccc21. The van der Waals surface area contributed by atoms with Crippen LogP contribution in [0.5, 0.6) is 0 Å². The standard InChI is InChI=1S/C20H18N4O/c25-20(23-14-15-5-3-10-21-13-15)17-7-4-11-22-19(17)24-12-9-16-6-1-2-8-18(16)24/h1-8,10-11,13H,9,12,14H2,(H,23,25). The Kier molecular flexibility index (Phi) is 4.12. The lowest BCUT2D eigenvalue weighted by molar-refractivity contribution is 0.0951. The molecule has 0 unspecified atom stereocenters. The van der Waals surface area contributed by atoms with Gasteiger partial charge in [0.05, 0.1) is 5.56 Å². The van der Waals surface area contributed by atoms with E-state index >= 15 is 0 Å². The number of hydrogen-bond donors (Lipinski definition) is 1. The smallest absolute Gasteiger partial charge is 0.255 e. The van der Waals surface area contributed by atoms with Crippen molar-refractivity contribution in [3.63, 3.8) is 0 Å². The normalized spacial score (nSPS) is 12.7. The van der Waals surface area contributed by atoms with Gasteiger partial charge < -0.3 is 10.2 Å². The van der Waals surface area contributed by atoms with Gasteiger partial charge in [-0.2, -0.15) is 0 Å². The Labute approximate surface area is 146 Å². The van der Waals surface area contributed by atoms with Gasteiger partial charge in [0, 0.05) is 37.4 Å². The van der Waals surface area contributed by atoms with Crippen LogP contribution in [0.1, 0.15) is 21.5 Å². The fraction of sp³-hybridized carbons (Fsp3) is 0.150. The second-order valence-corrected chi connectivity index (χ2v) is 5.95. The monoisotopic (exact) mass is 330 g/mol. The summed E-state index contributed by atoms with van der Waals surface area (Å²) in [7, 11) is 0. The molecule has 0 saturated carbocycles. The van der Waals surface area contributed by atoms with E-state index in [1.54, 1.807) is 24.7 Å². The maximum absolute atomic E-state index is 12.7. The van der Waals surface area contributed by atoms with Crippen LogP contribution in [0.3, 0.4) is 0 Å². The Bertz CT molecular complexity index is 895. The Morgan fingerprint density at radius 3 is 2.84 bits per heavy atom. The molecule has 25 heavy (non-hydrogen) atoms. The molecule has 5 nitrogen and oxygen atoms in total. The molecule has 0 fully saturated rings. The van der Waals surface area contributed by atoms with Crippen molar-refractivity contribution in [2.24, 2.45) is 0 Å². The molecule has 1 aliphatic heterocycles. The summed E-state index contributed by atoms with van der Waals surface area (Å²) in [5.74, 6) is 0.576. The van der Waals surface area contributed by atoms with Crippen LogP contribution < -0.4 is 10.2 Å². The minimum atomic E-state index is -0.128. The van der Waals surface area contributed by atoms with Crippen molar-refractivity contribution < 1.29 is 4.79 Å². The number of rotatable bonds is 4. The van der Waals surface area contributed by atoms with E-state index < -0.39 is 0 Å². The van der Waals surface area contributed by atoms with Crippen LogP contribution in [0.4, 0.5) is 11.5 Å². The second kappa shape index (κ2) is 6.73. The minimum absolute atomic E-state index is 0.128. The maximum atomic E-state index is 12.7. The van der Waals surface area contributed by atoms with Crippen molar-refractivity contribution in [3.8, 4) is 0 Å². The molecule has 0 spiro atoms. The largest absolute Gasteiger partial charge is 0.348 e. The zero-order valence-electron chi connectivity index (χ0n) is 13.7. The van der Waals surface area contributed by atoms with E-state index in [9.17, 15) is 4.79 Å². The Morgan fingerprint density at radius 1 is 1.08 bits per heavy atom. The topological polar surface area (TPSA) is 58.1 Å². The molecular formula is C20H18N4O. The number of fused-ring (bicyclic) bond motifs is 1. The number of aromatic nitrogens is 2. The number of nitrogens with one attached hydrogen (secondary N) is 1. The number of carbonyl (C=O) groups excluding carboxylic acids is 1. The van der Waals surface area contributed by atoms with E-state index in [2.05, 4.69) is 32.3 Å². The first-order valence-corrected chi connectivity index (χ1v) is 8.30. The number of pyridine rings is 2. The molecule has 1 aliphatic rings. The zero-order valence-corrected chi connectivity index (χ0v) is 13.7. The van der Waals surface area contributed by atoms with Gasteiger partial charge in [0.1, 0.15) is 5.82 Å². The molecule has 3 heterocycles. The molecule has 0 saturated heterocycles. The van der Waals surface area contributed by atoms with Crippen LogP contribution in [0, 0.1) is 0 Å². The molecule has 0 radical (unpaired) electrons. The predicted molar refractivity (Wildman–Crippen MR) is 96.8 cm³/mol. The van der Waals surface area contributed by atoms with Crippen molar-refractivity contribution in [2.45, 2.75) is 13.0 Å². The van der Waals surface area contributed by atoms with E-state index in [1.807, 2.05) is 30.3 Å². The minimum Gasteiger partial charge on any atom is -0.348 e. The molecular weight excluding hydrogens is 312 g/mol. The van der Waals surface area contributed by atoms with Crippen LogP contribution in [0.25, 0.3) is 0 Å². The van der Waals surface area contributed by atoms with Gasteiger partial charge in [0.15, 0.2) is 0 Å². The summed E-state index contributed by atoms with van der Waals surface area (Å²) in [4.78, 5) is 23.4. The lowest BCUT2D eigenvalue weighted by Gasteiger charge is -2.21. The molecule has 124 valence electrons. The lowest BCUT2D eigenvalue weighted by atomic mass is 10.1. The van der Waals surface area contributed by atoms with Crippen molar-refractivity contribution in [3.05, 3.63) is 83.8 Å². The molecule has 5 heteroatoms. The summed E-state index contributed by atoms with van der Waals surface area (Å²) >= 11 is 0. The quantitative estimate of drug-likeness (QED) is 0.798. The van der Waals surface area contributed by atoms with E-state index in [-0.39, 0.29) is 5.91 Å². The highest BCUT2D eigenvalue weighted by Crippen LogP contribution is 2.34. The zero-order chi connectivity index (χ0) is 17.1. The van der Waals surface area contributed by atoms with Crippen LogP contribution in [-0.2, 0) is 13.0 Å². The molecule has 0 aliphatic carbocycles. The first kappa shape index (κ1) is 15.3. The van der Waals surface area contributed by atoms with E-state index in [0.717, 1.165) is 24.2 Å². The number of amides is 1.